The van der Waals surface area contributed by atoms with Crippen LogP contribution in [0.4, 0.5) is 5.69 Å². The molecule has 0 saturated carbocycles. The molecule has 2 aromatic heterocycles. The van der Waals surface area contributed by atoms with E-state index in [0.29, 0.717) is 4.47 Å². The maximum Gasteiger partial charge on any atom is 0.335 e. The van der Waals surface area contributed by atoms with E-state index in [2.05, 4.69) is 15.9 Å². The number of pyridine rings is 1. The summed E-state index contributed by atoms with van der Waals surface area (Å²) >= 11 is 3.09. The normalized spacial score (nSPS) is 10.4. The number of carbonyl (C=O) groups is 1. The minimum absolute atomic E-state index is 0.144. The Labute approximate surface area is 125 Å². The van der Waals surface area contributed by atoms with Gasteiger partial charge >= 0.3 is 11.2 Å². The first kappa shape index (κ1) is 14.9. The molecule has 0 aliphatic rings. The van der Waals surface area contributed by atoms with Crippen molar-refractivity contribution in [3.63, 3.8) is 0 Å². The van der Waals surface area contributed by atoms with Crippen molar-refractivity contribution in [1.82, 2.24) is 9.99 Å². The average molecular weight is 357 g/mol. The van der Waals surface area contributed by atoms with Crippen molar-refractivity contribution in [3.05, 3.63) is 60.9 Å². The zero-order valence-corrected chi connectivity index (χ0v) is 12.0. The zero-order valence-electron chi connectivity index (χ0n) is 10.4. The molecule has 0 aliphatic carbocycles. The lowest BCUT2D eigenvalue weighted by Crippen LogP contribution is -2.31. The number of halogens is 1. The number of amides is 1. The third kappa shape index (κ3) is 3.01. The standard InChI is InChI=1S/C11H9BrN4O5/c12-6-3-8(16(19)20)11(18)15(4-6)5-9-7(1-2-21-9)10(17)14-13/h1-4H,5,13H2,(H,14,17). The lowest BCUT2D eigenvalue weighted by molar-refractivity contribution is -0.386. The smallest absolute Gasteiger partial charge is 0.335 e. The molecule has 0 aliphatic heterocycles. The van der Waals surface area contributed by atoms with Gasteiger partial charge in [0.15, 0.2) is 0 Å². The third-order valence-electron chi connectivity index (χ3n) is 2.67. The summed E-state index contributed by atoms with van der Waals surface area (Å²) in [5.41, 5.74) is 0.701. The number of aromatic nitrogens is 1. The van der Waals surface area contributed by atoms with Crippen molar-refractivity contribution in [3.8, 4) is 0 Å². The van der Waals surface area contributed by atoms with E-state index in [4.69, 9.17) is 10.3 Å². The van der Waals surface area contributed by atoms with E-state index in [-0.39, 0.29) is 17.9 Å². The Morgan fingerprint density at radius 2 is 2.29 bits per heavy atom. The van der Waals surface area contributed by atoms with Gasteiger partial charge in [0.1, 0.15) is 5.76 Å². The van der Waals surface area contributed by atoms with Crippen LogP contribution in [0, 0.1) is 10.1 Å². The lowest BCUT2D eigenvalue weighted by atomic mass is 10.2. The van der Waals surface area contributed by atoms with Gasteiger partial charge in [-0.15, -0.1) is 0 Å². The Balaban J connectivity index is 2.46. The highest BCUT2D eigenvalue weighted by atomic mass is 79.9. The molecule has 0 atom stereocenters. The number of hydrogen-bond donors (Lipinski definition) is 2. The molecule has 2 rings (SSSR count). The van der Waals surface area contributed by atoms with Crippen LogP contribution in [0.15, 0.2) is 38.3 Å². The number of nitrogens with two attached hydrogens (primary N) is 1. The van der Waals surface area contributed by atoms with Crippen LogP contribution in [0.5, 0.6) is 0 Å². The van der Waals surface area contributed by atoms with Crippen molar-refractivity contribution in [2.45, 2.75) is 6.54 Å². The highest BCUT2D eigenvalue weighted by Crippen LogP contribution is 2.16. The molecule has 0 unspecified atom stereocenters. The number of nitrogens with one attached hydrogen (secondary N) is 1. The Morgan fingerprint density at radius 3 is 2.90 bits per heavy atom. The number of nitrogens with zero attached hydrogens (tertiary/aromatic N) is 2. The number of rotatable bonds is 4. The third-order valence-corrected chi connectivity index (χ3v) is 3.10. The predicted molar refractivity (Wildman–Crippen MR) is 74.5 cm³/mol. The SMILES string of the molecule is NNC(=O)c1ccoc1Cn1cc(Br)cc([N+](=O)[O-])c1=O. The molecule has 2 heterocycles. The fourth-order valence-electron chi connectivity index (χ4n) is 1.73. The fourth-order valence-corrected chi connectivity index (χ4v) is 2.19. The van der Waals surface area contributed by atoms with Crippen molar-refractivity contribution in [2.24, 2.45) is 5.84 Å². The van der Waals surface area contributed by atoms with E-state index in [9.17, 15) is 19.7 Å². The summed E-state index contributed by atoms with van der Waals surface area (Å²) in [6.07, 6.45) is 2.62. The Bertz CT molecular complexity index is 766. The molecule has 9 nitrogen and oxygen atoms in total. The van der Waals surface area contributed by atoms with Crippen molar-refractivity contribution in [1.29, 1.82) is 0 Å². The molecule has 1 amide bonds. The van der Waals surface area contributed by atoms with Crippen LogP contribution in [0.1, 0.15) is 16.1 Å². The predicted octanol–water partition coefficient (Wildman–Crippen LogP) is 0.764. The number of furan rings is 1. The number of carbonyl (C=O) groups excluding carboxylic acids is 1. The first-order valence-electron chi connectivity index (χ1n) is 5.55. The van der Waals surface area contributed by atoms with E-state index >= 15 is 0 Å². The molecule has 0 aromatic carbocycles. The van der Waals surface area contributed by atoms with Crippen molar-refractivity contribution in [2.75, 3.05) is 0 Å². The fraction of sp³-hybridized carbons (Fsp3) is 0.0909. The summed E-state index contributed by atoms with van der Waals surface area (Å²) in [5, 5.41) is 10.8. The molecule has 110 valence electrons. The van der Waals surface area contributed by atoms with Gasteiger partial charge in [0, 0.05) is 16.7 Å². The highest BCUT2D eigenvalue weighted by Gasteiger charge is 2.19. The summed E-state index contributed by atoms with van der Waals surface area (Å²) in [6, 6.07) is 2.49. The maximum atomic E-state index is 12.0. The Kier molecular flexibility index (Phi) is 4.19. The maximum absolute atomic E-state index is 12.0. The van der Waals surface area contributed by atoms with Crippen LogP contribution in [0.3, 0.4) is 0 Å². The Hall–Kier alpha value is -2.46. The topological polar surface area (TPSA) is 133 Å². The molecule has 0 bridgehead atoms. The van der Waals surface area contributed by atoms with Crippen molar-refractivity contribution >= 4 is 27.5 Å². The van der Waals surface area contributed by atoms with E-state index < -0.39 is 22.1 Å². The molecular formula is C11H9BrN4O5. The van der Waals surface area contributed by atoms with E-state index in [0.717, 1.165) is 10.6 Å². The summed E-state index contributed by atoms with van der Waals surface area (Å²) in [5.74, 6) is 4.61. The number of nitro groups is 1. The van der Waals surface area contributed by atoms with Gasteiger partial charge in [0.25, 0.3) is 5.91 Å². The van der Waals surface area contributed by atoms with Crippen LogP contribution >= 0.6 is 15.9 Å². The minimum atomic E-state index is -0.807. The van der Waals surface area contributed by atoms with Gasteiger partial charge in [-0.3, -0.25) is 25.1 Å². The molecule has 21 heavy (non-hydrogen) atoms. The molecule has 10 heteroatoms. The largest absolute Gasteiger partial charge is 0.467 e. The van der Waals surface area contributed by atoms with Crippen molar-refractivity contribution < 1.29 is 14.1 Å². The number of hydrazine groups is 1. The molecule has 3 N–H and O–H groups in total. The van der Waals surface area contributed by atoms with Crippen LogP contribution in [0.25, 0.3) is 0 Å². The van der Waals surface area contributed by atoms with Crippen LogP contribution in [-0.4, -0.2) is 15.4 Å². The second kappa shape index (κ2) is 5.89. The van der Waals surface area contributed by atoms with Crippen LogP contribution in [0.2, 0.25) is 0 Å². The molecule has 0 fully saturated rings. The zero-order chi connectivity index (χ0) is 15.6. The minimum Gasteiger partial charge on any atom is -0.467 e. The first-order valence-corrected chi connectivity index (χ1v) is 6.35. The highest BCUT2D eigenvalue weighted by molar-refractivity contribution is 9.10. The van der Waals surface area contributed by atoms with Crippen LogP contribution < -0.4 is 16.8 Å². The quantitative estimate of drug-likeness (QED) is 0.359. The average Bonchev–Trinajstić information content (AvgIpc) is 2.89. The van der Waals surface area contributed by atoms with Gasteiger partial charge in [0.2, 0.25) is 0 Å². The molecule has 2 aromatic rings. The summed E-state index contributed by atoms with van der Waals surface area (Å²) in [4.78, 5) is 33.5. The van der Waals surface area contributed by atoms with Gasteiger partial charge in [-0.1, -0.05) is 0 Å². The first-order chi connectivity index (χ1) is 9.93. The summed E-state index contributed by atoms with van der Waals surface area (Å²) < 4.78 is 6.54. The van der Waals surface area contributed by atoms with Crippen LogP contribution in [-0.2, 0) is 6.54 Å². The van der Waals surface area contributed by atoms with Gasteiger partial charge in [-0.05, 0) is 22.0 Å². The molecule has 0 spiro atoms. The second-order valence-electron chi connectivity index (χ2n) is 3.96. The lowest BCUT2D eigenvalue weighted by Gasteiger charge is -2.06. The number of hydrogen-bond acceptors (Lipinski definition) is 6. The Morgan fingerprint density at radius 1 is 1.57 bits per heavy atom. The second-order valence-corrected chi connectivity index (χ2v) is 4.88. The molecular weight excluding hydrogens is 348 g/mol. The van der Waals surface area contributed by atoms with Gasteiger partial charge in [0.05, 0.1) is 23.3 Å². The van der Waals surface area contributed by atoms with Gasteiger partial charge < -0.3 is 8.98 Å². The molecule has 0 saturated heterocycles. The summed E-state index contributed by atoms with van der Waals surface area (Å²) in [7, 11) is 0. The monoisotopic (exact) mass is 356 g/mol. The van der Waals surface area contributed by atoms with E-state index in [1.54, 1.807) is 0 Å². The summed E-state index contributed by atoms with van der Waals surface area (Å²) in [6.45, 7) is -0.144. The van der Waals surface area contributed by atoms with E-state index in [1.165, 1.54) is 18.5 Å². The number of nitrogen functional groups attached to an aromatic ring is 1. The van der Waals surface area contributed by atoms with Gasteiger partial charge in [-0.25, -0.2) is 5.84 Å². The molecule has 0 radical (unpaired) electrons. The van der Waals surface area contributed by atoms with E-state index in [1.807, 2.05) is 5.43 Å². The van der Waals surface area contributed by atoms with Gasteiger partial charge in [-0.2, -0.15) is 0 Å².